The molecule has 0 radical (unpaired) electrons. The van der Waals surface area contributed by atoms with Gasteiger partial charge in [0.05, 0.1) is 11.7 Å². The SMILES string of the molecule is CC(C)N1C[C@H](C(=O)NCCN2C(=O)CSC2=O)CC1=O. The number of rotatable bonds is 5. The average Bonchev–Trinajstić information content (AvgIpc) is 2.95. The summed E-state index contributed by atoms with van der Waals surface area (Å²) in [4.78, 5) is 49.4. The molecule has 2 rings (SSSR count). The van der Waals surface area contributed by atoms with Gasteiger partial charge in [0, 0.05) is 32.1 Å². The molecule has 2 aliphatic rings. The highest BCUT2D eigenvalue weighted by Crippen LogP contribution is 2.20. The van der Waals surface area contributed by atoms with Gasteiger partial charge >= 0.3 is 0 Å². The number of hydrogen-bond acceptors (Lipinski definition) is 5. The highest BCUT2D eigenvalue weighted by Gasteiger charge is 2.35. The van der Waals surface area contributed by atoms with Gasteiger partial charge in [-0.15, -0.1) is 0 Å². The fourth-order valence-corrected chi connectivity index (χ4v) is 3.19. The summed E-state index contributed by atoms with van der Waals surface area (Å²) < 4.78 is 0. The molecular weight excluding hydrogens is 294 g/mol. The Morgan fingerprint density at radius 2 is 2.05 bits per heavy atom. The summed E-state index contributed by atoms with van der Waals surface area (Å²) in [5.74, 6) is -0.599. The van der Waals surface area contributed by atoms with Gasteiger partial charge in [0.1, 0.15) is 0 Å². The quantitative estimate of drug-likeness (QED) is 0.775. The van der Waals surface area contributed by atoms with E-state index in [9.17, 15) is 19.2 Å². The van der Waals surface area contributed by atoms with E-state index in [1.54, 1.807) is 4.90 Å². The number of likely N-dealkylation sites (tertiary alicyclic amines) is 1. The zero-order valence-electron chi connectivity index (χ0n) is 12.1. The Balaban J connectivity index is 1.77. The Kier molecular flexibility index (Phi) is 4.87. The summed E-state index contributed by atoms with van der Waals surface area (Å²) in [5.41, 5.74) is 0. The Bertz CT molecular complexity index is 464. The lowest BCUT2D eigenvalue weighted by molar-refractivity contribution is -0.129. The van der Waals surface area contributed by atoms with E-state index >= 15 is 0 Å². The molecule has 1 atom stereocenters. The molecule has 2 fully saturated rings. The van der Waals surface area contributed by atoms with Crippen molar-refractivity contribution in [1.29, 1.82) is 0 Å². The van der Waals surface area contributed by atoms with Gasteiger partial charge in [0.25, 0.3) is 5.24 Å². The molecule has 0 unspecified atom stereocenters. The molecule has 0 spiro atoms. The molecule has 2 heterocycles. The van der Waals surface area contributed by atoms with Crippen molar-refractivity contribution < 1.29 is 19.2 Å². The lowest BCUT2D eigenvalue weighted by Gasteiger charge is -2.20. The van der Waals surface area contributed by atoms with E-state index in [0.29, 0.717) is 6.54 Å². The zero-order chi connectivity index (χ0) is 15.6. The first-order valence-corrected chi connectivity index (χ1v) is 7.93. The van der Waals surface area contributed by atoms with Crippen LogP contribution in [-0.4, -0.2) is 64.2 Å². The third kappa shape index (κ3) is 3.55. The molecule has 4 amide bonds. The predicted molar refractivity (Wildman–Crippen MR) is 77.5 cm³/mol. The Morgan fingerprint density at radius 3 is 2.57 bits per heavy atom. The van der Waals surface area contributed by atoms with Crippen LogP contribution in [0.2, 0.25) is 0 Å². The van der Waals surface area contributed by atoms with Gasteiger partial charge < -0.3 is 10.2 Å². The minimum Gasteiger partial charge on any atom is -0.354 e. The standard InChI is InChI=1S/C13H19N3O4S/c1-8(2)16-6-9(5-10(16)17)12(19)14-3-4-15-11(18)7-21-13(15)20/h8-9H,3-7H2,1-2H3,(H,14,19)/t9-/m1/s1. The topological polar surface area (TPSA) is 86.8 Å². The Hall–Kier alpha value is -1.57. The molecule has 21 heavy (non-hydrogen) atoms. The number of carbonyl (C=O) groups excluding carboxylic acids is 4. The molecule has 0 saturated carbocycles. The monoisotopic (exact) mass is 313 g/mol. The third-order valence-electron chi connectivity index (χ3n) is 3.63. The number of nitrogens with one attached hydrogen (secondary N) is 1. The minimum absolute atomic E-state index is 0.00792. The summed E-state index contributed by atoms with van der Waals surface area (Å²) in [7, 11) is 0. The van der Waals surface area contributed by atoms with Crippen LogP contribution in [0.1, 0.15) is 20.3 Å². The number of amides is 4. The summed E-state index contributed by atoms with van der Waals surface area (Å²) in [6.07, 6.45) is 0.224. The summed E-state index contributed by atoms with van der Waals surface area (Å²) in [5, 5.41) is 2.43. The van der Waals surface area contributed by atoms with Crippen molar-refractivity contribution in [3.05, 3.63) is 0 Å². The Morgan fingerprint density at radius 1 is 1.33 bits per heavy atom. The van der Waals surface area contributed by atoms with Gasteiger partial charge in [-0.3, -0.25) is 24.1 Å². The van der Waals surface area contributed by atoms with Gasteiger partial charge in [0.2, 0.25) is 17.7 Å². The smallest absolute Gasteiger partial charge is 0.288 e. The molecule has 0 aromatic rings. The molecule has 0 aliphatic carbocycles. The van der Waals surface area contributed by atoms with Crippen LogP contribution >= 0.6 is 11.8 Å². The first-order valence-electron chi connectivity index (χ1n) is 6.94. The van der Waals surface area contributed by atoms with Crippen LogP contribution in [0.4, 0.5) is 4.79 Å². The van der Waals surface area contributed by atoms with Crippen molar-refractivity contribution in [3.63, 3.8) is 0 Å². The van der Waals surface area contributed by atoms with Crippen LogP contribution in [0.3, 0.4) is 0 Å². The molecule has 116 valence electrons. The van der Waals surface area contributed by atoms with Crippen LogP contribution < -0.4 is 5.32 Å². The lowest BCUT2D eigenvalue weighted by Crippen LogP contribution is -2.40. The van der Waals surface area contributed by atoms with Gasteiger partial charge in [-0.2, -0.15) is 0 Å². The predicted octanol–water partition coefficient (Wildman–Crippen LogP) is 0.0549. The maximum absolute atomic E-state index is 12.0. The van der Waals surface area contributed by atoms with Gasteiger partial charge in [-0.05, 0) is 13.8 Å². The highest BCUT2D eigenvalue weighted by molar-refractivity contribution is 8.14. The van der Waals surface area contributed by atoms with Crippen molar-refractivity contribution in [2.45, 2.75) is 26.3 Å². The van der Waals surface area contributed by atoms with Crippen molar-refractivity contribution in [2.24, 2.45) is 5.92 Å². The number of nitrogens with zero attached hydrogens (tertiary/aromatic N) is 2. The molecule has 0 aromatic heterocycles. The molecule has 2 saturated heterocycles. The van der Waals surface area contributed by atoms with Gasteiger partial charge in [0.15, 0.2) is 0 Å². The van der Waals surface area contributed by atoms with E-state index in [0.717, 1.165) is 16.7 Å². The minimum atomic E-state index is -0.348. The number of thioether (sulfide) groups is 1. The molecule has 7 nitrogen and oxygen atoms in total. The maximum atomic E-state index is 12.0. The van der Waals surface area contributed by atoms with Crippen LogP contribution in [0.25, 0.3) is 0 Å². The van der Waals surface area contributed by atoms with Gasteiger partial charge in [-0.25, -0.2) is 0 Å². The van der Waals surface area contributed by atoms with Crippen molar-refractivity contribution in [3.8, 4) is 0 Å². The summed E-state index contributed by atoms with van der Waals surface area (Å²) >= 11 is 0.975. The second kappa shape index (κ2) is 6.46. The van der Waals surface area contributed by atoms with E-state index in [4.69, 9.17) is 0 Å². The second-order valence-corrected chi connectivity index (χ2v) is 6.36. The molecular formula is C13H19N3O4S. The van der Waals surface area contributed by atoms with Crippen LogP contribution in [0.5, 0.6) is 0 Å². The van der Waals surface area contributed by atoms with Gasteiger partial charge in [-0.1, -0.05) is 11.8 Å². The van der Waals surface area contributed by atoms with Crippen LogP contribution in [0.15, 0.2) is 0 Å². The molecule has 8 heteroatoms. The number of imide groups is 1. The van der Waals surface area contributed by atoms with E-state index in [2.05, 4.69) is 5.32 Å². The maximum Gasteiger partial charge on any atom is 0.288 e. The fraction of sp³-hybridized carbons (Fsp3) is 0.692. The third-order valence-corrected chi connectivity index (χ3v) is 4.49. The molecule has 0 bridgehead atoms. The normalized spacial score (nSPS) is 22.6. The average molecular weight is 313 g/mol. The van der Waals surface area contributed by atoms with Crippen molar-refractivity contribution >= 4 is 34.7 Å². The van der Waals surface area contributed by atoms with E-state index in [1.165, 1.54) is 0 Å². The van der Waals surface area contributed by atoms with Crippen molar-refractivity contribution in [2.75, 3.05) is 25.4 Å². The summed E-state index contributed by atoms with van der Waals surface area (Å²) in [6.45, 7) is 4.68. The Labute approximate surface area is 127 Å². The highest BCUT2D eigenvalue weighted by atomic mass is 32.2. The first kappa shape index (κ1) is 15.8. The molecule has 2 aliphatic heterocycles. The fourth-order valence-electron chi connectivity index (χ4n) is 2.44. The second-order valence-electron chi connectivity index (χ2n) is 5.43. The van der Waals surface area contributed by atoms with E-state index < -0.39 is 0 Å². The van der Waals surface area contributed by atoms with E-state index in [1.807, 2.05) is 13.8 Å². The van der Waals surface area contributed by atoms with Crippen LogP contribution in [-0.2, 0) is 14.4 Å². The largest absolute Gasteiger partial charge is 0.354 e. The number of carbonyl (C=O) groups is 4. The molecule has 1 N–H and O–H groups in total. The number of hydrogen-bond donors (Lipinski definition) is 1. The molecule has 0 aromatic carbocycles. The van der Waals surface area contributed by atoms with Crippen molar-refractivity contribution in [1.82, 2.24) is 15.1 Å². The lowest BCUT2D eigenvalue weighted by atomic mass is 10.1. The van der Waals surface area contributed by atoms with E-state index in [-0.39, 0.29) is 60.2 Å². The zero-order valence-corrected chi connectivity index (χ0v) is 12.9. The summed E-state index contributed by atoms with van der Waals surface area (Å²) in [6, 6.07) is 0.0900. The first-order chi connectivity index (χ1) is 9.90. The van der Waals surface area contributed by atoms with Crippen LogP contribution in [0, 0.1) is 5.92 Å².